The molecule has 10 nitrogen and oxygen atoms in total. The lowest BCUT2D eigenvalue weighted by Gasteiger charge is -2.38. The van der Waals surface area contributed by atoms with Gasteiger partial charge in [0.25, 0.3) is 5.69 Å². The third-order valence-corrected chi connectivity index (χ3v) is 6.89. The number of piperazine rings is 1. The fraction of sp³-hybridized carbons (Fsp3) is 0.333. The van der Waals surface area contributed by atoms with Crippen molar-refractivity contribution >= 4 is 34.1 Å². The summed E-state index contributed by atoms with van der Waals surface area (Å²) in [6, 6.07) is 14.1. The van der Waals surface area contributed by atoms with Gasteiger partial charge in [-0.25, -0.2) is 9.38 Å². The molecule has 6 rings (SSSR count). The first kappa shape index (κ1) is 20.5. The highest BCUT2D eigenvalue weighted by Gasteiger charge is 2.32. The monoisotopic (exact) mass is 457 g/mol. The average molecular weight is 457 g/mol. The minimum Gasteiger partial charge on any atom is -0.339 e. The Balaban J connectivity index is 1.41. The van der Waals surface area contributed by atoms with E-state index >= 15 is 0 Å². The van der Waals surface area contributed by atoms with E-state index in [1.54, 1.807) is 12.1 Å². The zero-order valence-electron chi connectivity index (χ0n) is 18.5. The first-order valence-corrected chi connectivity index (χ1v) is 11.5. The van der Waals surface area contributed by atoms with Crippen molar-refractivity contribution in [3.05, 3.63) is 58.6 Å². The second-order valence-electron chi connectivity index (χ2n) is 8.86. The zero-order valence-corrected chi connectivity index (χ0v) is 18.5. The van der Waals surface area contributed by atoms with Crippen LogP contribution in [-0.4, -0.2) is 61.5 Å². The maximum absolute atomic E-state index is 12.7. The molecular formula is C24H23N7O3. The van der Waals surface area contributed by atoms with Crippen LogP contribution in [0.3, 0.4) is 0 Å². The summed E-state index contributed by atoms with van der Waals surface area (Å²) in [4.78, 5) is 32.5. The third kappa shape index (κ3) is 3.33. The summed E-state index contributed by atoms with van der Waals surface area (Å²) in [5.74, 6) is 1.76. The fourth-order valence-corrected chi connectivity index (χ4v) is 4.74. The lowest BCUT2D eigenvalue weighted by atomic mass is 9.84. The molecule has 2 aromatic carbocycles. The summed E-state index contributed by atoms with van der Waals surface area (Å²) in [7, 11) is 0. The zero-order chi connectivity index (χ0) is 23.2. The van der Waals surface area contributed by atoms with Gasteiger partial charge in [0.15, 0.2) is 11.5 Å². The molecule has 1 saturated carbocycles. The van der Waals surface area contributed by atoms with Gasteiger partial charge in [-0.2, -0.15) is 0 Å². The number of hydrogen-bond donors (Lipinski definition) is 0. The minimum atomic E-state index is -0.420. The van der Waals surface area contributed by atoms with Gasteiger partial charge in [-0.15, -0.1) is 10.2 Å². The van der Waals surface area contributed by atoms with E-state index in [2.05, 4.69) is 15.1 Å². The van der Waals surface area contributed by atoms with E-state index in [0.717, 1.165) is 35.7 Å². The molecule has 4 aromatic rings. The molecule has 1 amide bonds. The maximum Gasteiger partial charge on any atom is 0.269 e. The van der Waals surface area contributed by atoms with Gasteiger partial charge >= 0.3 is 0 Å². The van der Waals surface area contributed by atoms with E-state index in [1.165, 1.54) is 12.1 Å². The largest absolute Gasteiger partial charge is 0.339 e. The van der Waals surface area contributed by atoms with Crippen LogP contribution in [0.2, 0.25) is 0 Å². The molecule has 1 aliphatic carbocycles. The van der Waals surface area contributed by atoms with Crippen molar-refractivity contribution in [2.75, 3.05) is 31.1 Å². The molecule has 172 valence electrons. The molecule has 0 bridgehead atoms. The lowest BCUT2D eigenvalue weighted by Crippen LogP contribution is -2.51. The Hall–Kier alpha value is -4.08. The van der Waals surface area contributed by atoms with Crippen molar-refractivity contribution in [2.45, 2.75) is 19.3 Å². The number of nitro benzene ring substituents is 1. The van der Waals surface area contributed by atoms with E-state index < -0.39 is 4.92 Å². The molecule has 1 aliphatic heterocycles. The quantitative estimate of drug-likeness (QED) is 0.342. The van der Waals surface area contributed by atoms with Gasteiger partial charge in [-0.3, -0.25) is 14.9 Å². The number of para-hydroxylation sites is 1. The summed E-state index contributed by atoms with van der Waals surface area (Å²) in [6.45, 7) is 2.63. The Morgan fingerprint density at radius 3 is 2.38 bits per heavy atom. The molecule has 0 spiro atoms. The van der Waals surface area contributed by atoms with Crippen molar-refractivity contribution < 1.29 is 9.72 Å². The van der Waals surface area contributed by atoms with Crippen LogP contribution in [-0.2, 0) is 4.79 Å². The van der Waals surface area contributed by atoms with Gasteiger partial charge in [0, 0.05) is 55.2 Å². The Labute approximate surface area is 195 Å². The molecule has 1 saturated heterocycles. The first-order valence-electron chi connectivity index (χ1n) is 11.5. The number of benzene rings is 2. The van der Waals surface area contributed by atoms with E-state index in [9.17, 15) is 14.9 Å². The maximum atomic E-state index is 12.7. The molecule has 10 heteroatoms. The van der Waals surface area contributed by atoms with Gasteiger partial charge < -0.3 is 9.80 Å². The highest BCUT2D eigenvalue weighted by Crippen LogP contribution is 2.31. The van der Waals surface area contributed by atoms with E-state index in [0.29, 0.717) is 43.6 Å². The lowest BCUT2D eigenvalue weighted by molar-refractivity contribution is -0.384. The van der Waals surface area contributed by atoms with E-state index in [4.69, 9.17) is 4.98 Å². The predicted octanol–water partition coefficient (Wildman–Crippen LogP) is 3.30. The number of carbonyl (C=O) groups excluding carboxylic acids is 1. The second kappa shape index (κ2) is 8.05. The van der Waals surface area contributed by atoms with Crippen LogP contribution in [0.1, 0.15) is 19.3 Å². The molecule has 0 atom stereocenters. The number of nitrogens with zero attached hydrogens (tertiary/aromatic N) is 7. The van der Waals surface area contributed by atoms with Crippen LogP contribution in [0.15, 0.2) is 48.5 Å². The number of aromatic nitrogens is 4. The predicted molar refractivity (Wildman–Crippen MR) is 127 cm³/mol. The van der Waals surface area contributed by atoms with Crippen molar-refractivity contribution in [2.24, 2.45) is 5.92 Å². The topological polar surface area (TPSA) is 110 Å². The first-order chi connectivity index (χ1) is 16.6. The molecule has 0 unspecified atom stereocenters. The average Bonchev–Trinajstić information content (AvgIpc) is 3.28. The van der Waals surface area contributed by atoms with Gasteiger partial charge in [0.05, 0.1) is 10.4 Å². The summed E-state index contributed by atoms with van der Waals surface area (Å²) >= 11 is 0. The summed E-state index contributed by atoms with van der Waals surface area (Å²) in [5, 5.41) is 20.9. The number of hydrogen-bond acceptors (Lipinski definition) is 7. The molecule has 34 heavy (non-hydrogen) atoms. The normalized spacial score (nSPS) is 16.7. The van der Waals surface area contributed by atoms with Gasteiger partial charge in [-0.05, 0) is 37.1 Å². The molecule has 2 fully saturated rings. The van der Waals surface area contributed by atoms with Crippen LogP contribution >= 0.6 is 0 Å². The number of rotatable bonds is 4. The van der Waals surface area contributed by atoms with Gasteiger partial charge in [0.1, 0.15) is 0 Å². The van der Waals surface area contributed by atoms with Crippen molar-refractivity contribution in [3.63, 3.8) is 0 Å². The molecule has 0 N–H and O–H groups in total. The molecule has 0 radical (unpaired) electrons. The van der Waals surface area contributed by atoms with Crippen molar-refractivity contribution in [1.82, 2.24) is 24.5 Å². The molecule has 2 aromatic heterocycles. The molecule has 3 heterocycles. The van der Waals surface area contributed by atoms with Crippen molar-refractivity contribution in [1.29, 1.82) is 0 Å². The number of fused-ring (bicyclic) bond motifs is 3. The second-order valence-corrected chi connectivity index (χ2v) is 8.86. The summed E-state index contributed by atoms with van der Waals surface area (Å²) in [6.07, 6.45) is 3.16. The molecular weight excluding hydrogens is 434 g/mol. The SMILES string of the molecule is O=C(C1CCC1)N1CCN(c2nc3ccccc3c3nnc(-c4ccc([N+](=O)[O-])cc4)n23)CC1. The van der Waals surface area contributed by atoms with E-state index in [1.807, 2.05) is 33.6 Å². The fourth-order valence-electron chi connectivity index (χ4n) is 4.74. The number of amides is 1. The standard InChI is InChI=1S/C24H23N7O3/c32-23(17-4-3-5-17)28-12-14-29(15-13-28)24-25-20-7-2-1-6-19(20)22-27-26-21(30(22)24)16-8-10-18(11-9-16)31(33)34/h1-2,6-11,17H,3-5,12-15H2. The Bertz CT molecular complexity index is 1400. The molecule has 2 aliphatic rings. The van der Waals surface area contributed by atoms with Crippen LogP contribution in [0.4, 0.5) is 11.6 Å². The van der Waals surface area contributed by atoms with Crippen LogP contribution in [0, 0.1) is 16.0 Å². The van der Waals surface area contributed by atoms with Crippen LogP contribution in [0.25, 0.3) is 27.9 Å². The number of nitro groups is 1. The van der Waals surface area contributed by atoms with Crippen LogP contribution in [0.5, 0.6) is 0 Å². The summed E-state index contributed by atoms with van der Waals surface area (Å²) < 4.78 is 1.92. The van der Waals surface area contributed by atoms with Gasteiger partial charge in [0.2, 0.25) is 11.9 Å². The van der Waals surface area contributed by atoms with Crippen molar-refractivity contribution in [3.8, 4) is 11.4 Å². The highest BCUT2D eigenvalue weighted by molar-refractivity contribution is 5.93. The Morgan fingerprint density at radius 1 is 0.971 bits per heavy atom. The minimum absolute atomic E-state index is 0.0219. The Morgan fingerprint density at radius 2 is 1.71 bits per heavy atom. The smallest absolute Gasteiger partial charge is 0.269 e. The van der Waals surface area contributed by atoms with E-state index in [-0.39, 0.29) is 17.5 Å². The summed E-state index contributed by atoms with van der Waals surface area (Å²) in [5.41, 5.74) is 2.24. The van der Waals surface area contributed by atoms with Gasteiger partial charge in [-0.1, -0.05) is 18.6 Å². The third-order valence-electron chi connectivity index (χ3n) is 6.89. The number of carbonyl (C=O) groups is 1. The highest BCUT2D eigenvalue weighted by atomic mass is 16.6. The van der Waals surface area contributed by atoms with Crippen LogP contribution < -0.4 is 4.90 Å². The Kier molecular flexibility index (Phi) is 4.86. The number of anilines is 1. The number of non-ortho nitro benzene ring substituents is 1.